The van der Waals surface area contributed by atoms with Crippen LogP contribution in [0.1, 0.15) is 6.92 Å². The van der Waals surface area contributed by atoms with Crippen molar-refractivity contribution in [3.8, 4) is 0 Å². The van der Waals surface area contributed by atoms with E-state index < -0.39 is 21.3 Å². The number of hydrogen-bond donors (Lipinski definition) is 1. The van der Waals surface area contributed by atoms with Crippen molar-refractivity contribution >= 4 is 32.5 Å². The molecule has 13 nitrogen and oxygen atoms in total. The van der Waals surface area contributed by atoms with Crippen LogP contribution in [0.25, 0.3) is 16.7 Å². The van der Waals surface area contributed by atoms with E-state index in [2.05, 4.69) is 25.1 Å². The second-order valence-electron chi connectivity index (χ2n) is 7.58. The molecule has 4 aromatic heterocycles. The number of fused-ring (bicyclic) bond motifs is 2. The lowest BCUT2D eigenvalue weighted by Crippen LogP contribution is -2.54. The molecular weight excluding hydrogens is 438 g/mol. The fourth-order valence-corrected chi connectivity index (χ4v) is 5.40. The Kier molecular flexibility index (Phi) is 4.56. The first-order chi connectivity index (χ1) is 15.3. The Bertz CT molecular complexity index is 1570. The Morgan fingerprint density at radius 1 is 1.16 bits per heavy atom. The largest absolute Gasteiger partial charge is 0.348 e. The third-order valence-electron chi connectivity index (χ3n) is 5.63. The molecule has 4 aromatic rings. The summed E-state index contributed by atoms with van der Waals surface area (Å²) in [6.07, 6.45) is 6.14. The van der Waals surface area contributed by atoms with Crippen LogP contribution in [0.15, 0.2) is 45.5 Å². The Hall–Kier alpha value is -3.65. The van der Waals surface area contributed by atoms with Gasteiger partial charge in [-0.3, -0.25) is 18.7 Å². The van der Waals surface area contributed by atoms with E-state index >= 15 is 0 Å². The molecule has 1 fully saturated rings. The van der Waals surface area contributed by atoms with Crippen LogP contribution in [0.5, 0.6) is 0 Å². The topological polar surface area (TPSA) is 151 Å². The van der Waals surface area contributed by atoms with E-state index in [1.54, 1.807) is 23.1 Å². The first kappa shape index (κ1) is 20.3. The summed E-state index contributed by atoms with van der Waals surface area (Å²) in [5.41, 5.74) is -0.590. The molecule has 1 N–H and O–H groups in total. The first-order valence-corrected chi connectivity index (χ1v) is 11.2. The number of hydrogen-bond acceptors (Lipinski definition) is 9. The fraction of sp³-hybridized carbons (Fsp3) is 0.333. The number of aryl methyl sites for hydroxylation is 1. The molecule has 0 aliphatic carbocycles. The van der Waals surface area contributed by atoms with Gasteiger partial charge in [-0.15, -0.1) is 10.2 Å². The van der Waals surface area contributed by atoms with E-state index in [0.717, 1.165) is 4.57 Å². The highest BCUT2D eigenvalue weighted by atomic mass is 32.2. The van der Waals surface area contributed by atoms with Gasteiger partial charge >= 0.3 is 5.69 Å². The number of rotatable bonds is 3. The zero-order valence-corrected chi connectivity index (χ0v) is 18.0. The van der Waals surface area contributed by atoms with E-state index in [1.807, 2.05) is 11.8 Å². The predicted octanol–water partition coefficient (Wildman–Crippen LogP) is -1.04. The third-order valence-corrected chi connectivity index (χ3v) is 7.46. The van der Waals surface area contributed by atoms with Crippen LogP contribution in [0.2, 0.25) is 0 Å². The maximum Gasteiger partial charge on any atom is 0.329 e. The van der Waals surface area contributed by atoms with E-state index in [1.165, 1.54) is 23.6 Å². The van der Waals surface area contributed by atoms with Gasteiger partial charge in [0.2, 0.25) is 15.7 Å². The van der Waals surface area contributed by atoms with Crippen molar-refractivity contribution in [2.45, 2.75) is 17.9 Å². The second kappa shape index (κ2) is 7.20. The molecule has 0 spiro atoms. The molecule has 0 bridgehead atoms. The molecule has 1 aliphatic heterocycles. The summed E-state index contributed by atoms with van der Waals surface area (Å²) in [7, 11) is -2.46. The fourth-order valence-electron chi connectivity index (χ4n) is 3.91. The maximum absolute atomic E-state index is 13.3. The monoisotopic (exact) mass is 457 g/mol. The van der Waals surface area contributed by atoms with Crippen molar-refractivity contribution in [2.75, 3.05) is 24.5 Å². The maximum atomic E-state index is 13.3. The summed E-state index contributed by atoms with van der Waals surface area (Å²) in [6, 6.07) is 1.07. The number of H-pyrrole nitrogens is 1. The van der Waals surface area contributed by atoms with E-state index in [-0.39, 0.29) is 35.1 Å². The molecule has 32 heavy (non-hydrogen) atoms. The summed E-state index contributed by atoms with van der Waals surface area (Å²) in [6.45, 7) is 2.73. The van der Waals surface area contributed by atoms with Crippen molar-refractivity contribution < 1.29 is 8.42 Å². The number of nitrogens with zero attached hydrogens (tertiary/aromatic N) is 8. The van der Waals surface area contributed by atoms with Crippen molar-refractivity contribution in [3.63, 3.8) is 0 Å². The lowest BCUT2D eigenvalue weighted by molar-refractivity contribution is 0.341. The predicted molar refractivity (Wildman–Crippen MR) is 114 cm³/mol. The second-order valence-corrected chi connectivity index (χ2v) is 9.52. The first-order valence-electron chi connectivity index (χ1n) is 9.77. The molecule has 166 valence electrons. The molecule has 1 aliphatic rings. The lowest BCUT2D eigenvalue weighted by atomic mass is 10.2. The molecule has 14 heteroatoms. The molecular formula is C18H19N9O4S. The third kappa shape index (κ3) is 3.06. The van der Waals surface area contributed by atoms with Crippen LogP contribution < -0.4 is 16.1 Å². The average Bonchev–Trinajstić information content (AvgIpc) is 3.26. The molecule has 0 radical (unpaired) electrons. The zero-order valence-electron chi connectivity index (χ0n) is 17.2. The van der Waals surface area contributed by atoms with Crippen molar-refractivity contribution in [1.82, 2.24) is 38.4 Å². The van der Waals surface area contributed by atoms with Gasteiger partial charge in [-0.05, 0) is 13.0 Å². The van der Waals surface area contributed by atoms with Gasteiger partial charge in [-0.2, -0.15) is 4.31 Å². The number of sulfonamides is 1. The minimum Gasteiger partial charge on any atom is -0.348 e. The van der Waals surface area contributed by atoms with Gasteiger partial charge in [0.05, 0.1) is 5.39 Å². The number of aromatic nitrogens is 7. The summed E-state index contributed by atoms with van der Waals surface area (Å²) >= 11 is 0. The Morgan fingerprint density at radius 3 is 2.75 bits per heavy atom. The molecule has 1 unspecified atom stereocenters. The molecule has 5 heterocycles. The summed E-state index contributed by atoms with van der Waals surface area (Å²) < 4.78 is 30.9. The van der Waals surface area contributed by atoms with Crippen LogP contribution in [0.4, 0.5) is 5.82 Å². The van der Waals surface area contributed by atoms with E-state index in [0.29, 0.717) is 18.0 Å². The normalized spacial score (nSPS) is 17.9. The minimum absolute atomic E-state index is 0.0301. The minimum atomic E-state index is -3.91. The van der Waals surface area contributed by atoms with Crippen LogP contribution in [-0.2, 0) is 17.1 Å². The summed E-state index contributed by atoms with van der Waals surface area (Å²) in [5, 5.41) is 8.04. The number of piperazine rings is 1. The molecule has 0 saturated carbocycles. The molecule has 0 aromatic carbocycles. The van der Waals surface area contributed by atoms with Crippen molar-refractivity contribution in [2.24, 2.45) is 7.05 Å². The lowest BCUT2D eigenvalue weighted by Gasteiger charge is -2.39. The smallest absolute Gasteiger partial charge is 0.329 e. The van der Waals surface area contributed by atoms with Crippen LogP contribution in [-0.4, -0.2) is 72.5 Å². The summed E-state index contributed by atoms with van der Waals surface area (Å²) in [5.74, 6) is 0.634. The summed E-state index contributed by atoms with van der Waals surface area (Å²) in [4.78, 5) is 36.5. The number of nitrogens with one attached hydrogen (secondary N) is 1. The van der Waals surface area contributed by atoms with Gasteiger partial charge in [0.1, 0.15) is 16.9 Å². The zero-order chi connectivity index (χ0) is 22.6. The SMILES string of the molecule is CC1CN(S(=O)(=O)c2cnc3c(c2)c(=O)[nH]c(=O)n3C)CCN1c1nccn2cnnc12. The van der Waals surface area contributed by atoms with E-state index in [9.17, 15) is 18.0 Å². The highest BCUT2D eigenvalue weighted by Gasteiger charge is 2.34. The number of anilines is 1. The standard InChI is InChI=1S/C18H19N9O4S/c1-11-9-26(5-6-27(11)15-16-23-21-10-25(16)4-3-19-15)32(30,31)12-7-13-14(20-8-12)24(2)18(29)22-17(13)28/h3-4,7-8,10-11H,5-6,9H2,1-2H3,(H,22,28,29). The Labute approximate surface area is 181 Å². The number of aromatic amines is 1. The Balaban J connectivity index is 1.46. The van der Waals surface area contributed by atoms with Crippen LogP contribution in [0, 0.1) is 0 Å². The Morgan fingerprint density at radius 2 is 1.97 bits per heavy atom. The molecule has 1 saturated heterocycles. The van der Waals surface area contributed by atoms with Crippen molar-refractivity contribution in [3.05, 3.63) is 51.8 Å². The highest BCUT2D eigenvalue weighted by Crippen LogP contribution is 2.25. The average molecular weight is 457 g/mol. The van der Waals surface area contributed by atoms with Gasteiger partial charge in [0.25, 0.3) is 5.56 Å². The molecule has 1 atom stereocenters. The van der Waals surface area contributed by atoms with Gasteiger partial charge in [-0.25, -0.2) is 23.2 Å². The highest BCUT2D eigenvalue weighted by molar-refractivity contribution is 7.89. The van der Waals surface area contributed by atoms with Gasteiger partial charge < -0.3 is 4.90 Å². The number of pyridine rings is 1. The molecule has 5 rings (SSSR count). The quantitative estimate of drug-likeness (QED) is 0.407. The van der Waals surface area contributed by atoms with Crippen LogP contribution in [0.3, 0.4) is 0 Å². The van der Waals surface area contributed by atoms with Crippen LogP contribution >= 0.6 is 0 Å². The van der Waals surface area contributed by atoms with Gasteiger partial charge in [-0.1, -0.05) is 0 Å². The molecule has 0 amide bonds. The van der Waals surface area contributed by atoms with Gasteiger partial charge in [0.15, 0.2) is 5.82 Å². The van der Waals surface area contributed by atoms with E-state index in [4.69, 9.17) is 0 Å². The van der Waals surface area contributed by atoms with Crippen molar-refractivity contribution in [1.29, 1.82) is 0 Å². The van der Waals surface area contributed by atoms with Gasteiger partial charge in [0, 0.05) is 51.3 Å².